The van der Waals surface area contributed by atoms with Gasteiger partial charge in [-0.1, -0.05) is 25.5 Å². The zero-order valence-electron chi connectivity index (χ0n) is 17.2. The second kappa shape index (κ2) is 10.2. The molecule has 158 valence electrons. The fourth-order valence-electron chi connectivity index (χ4n) is 3.44. The van der Waals surface area contributed by atoms with Crippen LogP contribution in [0.2, 0.25) is 0 Å². The number of rotatable bonds is 7. The third-order valence-electron chi connectivity index (χ3n) is 5.07. The van der Waals surface area contributed by atoms with Crippen LogP contribution in [-0.4, -0.2) is 42.4 Å². The van der Waals surface area contributed by atoms with Crippen LogP contribution in [0.4, 0.5) is 0 Å². The second-order valence-corrected chi connectivity index (χ2v) is 8.18. The molecule has 0 saturated heterocycles. The highest BCUT2D eigenvalue weighted by Gasteiger charge is 2.28. The molecule has 1 aromatic carbocycles. The molecule has 3 rings (SSSR count). The molecular formula is C23H26N2O4S. The van der Waals surface area contributed by atoms with Crippen LogP contribution in [0.15, 0.2) is 41.8 Å². The van der Waals surface area contributed by atoms with Crippen molar-refractivity contribution in [3.05, 3.63) is 63.4 Å². The van der Waals surface area contributed by atoms with Gasteiger partial charge in [-0.2, -0.15) is 0 Å². The number of esters is 1. The van der Waals surface area contributed by atoms with E-state index in [-0.39, 0.29) is 11.8 Å². The Balaban J connectivity index is 1.60. The highest BCUT2D eigenvalue weighted by Crippen LogP contribution is 2.24. The summed E-state index contributed by atoms with van der Waals surface area (Å²) in [4.78, 5) is 40.1. The van der Waals surface area contributed by atoms with E-state index < -0.39 is 12.0 Å². The lowest BCUT2D eigenvalue weighted by Gasteiger charge is -2.30. The van der Waals surface area contributed by atoms with Crippen LogP contribution in [0.3, 0.4) is 0 Å². The zero-order chi connectivity index (χ0) is 21.5. The van der Waals surface area contributed by atoms with Crippen LogP contribution in [0.5, 0.6) is 0 Å². The Kier molecular flexibility index (Phi) is 7.41. The molecule has 0 spiro atoms. The first-order valence-electron chi connectivity index (χ1n) is 10.0. The minimum Gasteiger partial charge on any atom is -0.465 e. The van der Waals surface area contributed by atoms with E-state index in [4.69, 9.17) is 0 Å². The molecule has 6 nitrogen and oxygen atoms in total. The largest absolute Gasteiger partial charge is 0.465 e. The number of hydrogen-bond acceptors (Lipinski definition) is 5. The normalized spacial score (nSPS) is 14.3. The van der Waals surface area contributed by atoms with Crippen molar-refractivity contribution in [3.63, 3.8) is 0 Å². The van der Waals surface area contributed by atoms with Crippen LogP contribution in [-0.2, 0) is 27.3 Å². The van der Waals surface area contributed by atoms with Gasteiger partial charge in [0.2, 0.25) is 11.8 Å². The molecule has 0 bridgehead atoms. The summed E-state index contributed by atoms with van der Waals surface area (Å²) in [5.41, 5.74) is 2.43. The lowest BCUT2D eigenvalue weighted by Crippen LogP contribution is -2.49. The van der Waals surface area contributed by atoms with Gasteiger partial charge in [0, 0.05) is 24.0 Å². The van der Waals surface area contributed by atoms with E-state index in [1.165, 1.54) is 23.6 Å². The van der Waals surface area contributed by atoms with Crippen molar-refractivity contribution >= 4 is 35.2 Å². The van der Waals surface area contributed by atoms with E-state index in [9.17, 15) is 14.4 Å². The smallest absolute Gasteiger partial charge is 0.337 e. The standard InChI is InChI=1S/C23H26N2O4S/c1-3-4-19(22(27)25-13-11-20-18(15-25)12-14-30-20)24-21(26)10-7-16-5-8-17(9-6-16)23(28)29-2/h5-10,12,14,19H,3-4,11,13,15H2,1-2H3,(H,24,26). The molecule has 0 saturated carbocycles. The number of ether oxygens (including phenoxy) is 1. The molecule has 1 atom stereocenters. The summed E-state index contributed by atoms with van der Waals surface area (Å²) in [5, 5.41) is 4.92. The minimum absolute atomic E-state index is 0.0297. The number of methoxy groups -OCH3 is 1. The molecule has 2 aromatic rings. The van der Waals surface area contributed by atoms with Gasteiger partial charge in [-0.05, 0) is 53.6 Å². The fraction of sp³-hybridized carbons (Fsp3) is 0.348. The van der Waals surface area contributed by atoms with Gasteiger partial charge in [0.25, 0.3) is 0 Å². The van der Waals surface area contributed by atoms with Crippen molar-refractivity contribution in [1.29, 1.82) is 0 Å². The van der Waals surface area contributed by atoms with Crippen molar-refractivity contribution < 1.29 is 19.1 Å². The van der Waals surface area contributed by atoms with Gasteiger partial charge in [-0.25, -0.2) is 4.79 Å². The lowest BCUT2D eigenvalue weighted by molar-refractivity contribution is -0.136. The molecule has 2 heterocycles. The van der Waals surface area contributed by atoms with Crippen molar-refractivity contribution in [3.8, 4) is 0 Å². The van der Waals surface area contributed by atoms with Gasteiger partial charge in [-0.3, -0.25) is 9.59 Å². The van der Waals surface area contributed by atoms with Crippen molar-refractivity contribution in [2.75, 3.05) is 13.7 Å². The summed E-state index contributed by atoms with van der Waals surface area (Å²) in [7, 11) is 1.33. The summed E-state index contributed by atoms with van der Waals surface area (Å²) >= 11 is 1.73. The summed E-state index contributed by atoms with van der Waals surface area (Å²) in [6, 6.07) is 8.28. The Morgan fingerprint density at radius 3 is 2.70 bits per heavy atom. The van der Waals surface area contributed by atoms with Crippen LogP contribution >= 0.6 is 11.3 Å². The van der Waals surface area contributed by atoms with E-state index in [0.717, 1.165) is 18.4 Å². The van der Waals surface area contributed by atoms with Gasteiger partial charge in [0.15, 0.2) is 0 Å². The maximum Gasteiger partial charge on any atom is 0.337 e. The highest BCUT2D eigenvalue weighted by molar-refractivity contribution is 7.10. The average molecular weight is 427 g/mol. The average Bonchev–Trinajstić information content (AvgIpc) is 3.24. The molecule has 2 amide bonds. The number of benzene rings is 1. The van der Waals surface area contributed by atoms with E-state index in [0.29, 0.717) is 25.1 Å². The topological polar surface area (TPSA) is 75.7 Å². The summed E-state index contributed by atoms with van der Waals surface area (Å²) in [6.45, 7) is 3.29. The van der Waals surface area contributed by atoms with Crippen LogP contribution in [0.25, 0.3) is 6.08 Å². The predicted octanol–water partition coefficient (Wildman–Crippen LogP) is 3.42. The molecule has 0 radical (unpaired) electrons. The number of nitrogens with one attached hydrogen (secondary N) is 1. The molecule has 7 heteroatoms. The third-order valence-corrected chi connectivity index (χ3v) is 6.09. The van der Waals surface area contributed by atoms with Gasteiger partial charge in [0.1, 0.15) is 6.04 Å². The van der Waals surface area contributed by atoms with E-state index >= 15 is 0 Å². The number of carbonyl (C=O) groups excluding carboxylic acids is 3. The van der Waals surface area contributed by atoms with Crippen LogP contribution in [0, 0.1) is 0 Å². The molecule has 1 aliphatic heterocycles. The SMILES string of the molecule is CCCC(NC(=O)C=Cc1ccc(C(=O)OC)cc1)C(=O)N1CCc2sccc2C1. The number of amides is 2. The first-order chi connectivity index (χ1) is 14.5. The molecule has 1 N–H and O–H groups in total. The Morgan fingerprint density at radius 2 is 2.00 bits per heavy atom. The van der Waals surface area contributed by atoms with E-state index in [1.807, 2.05) is 11.8 Å². The minimum atomic E-state index is -0.533. The first kappa shape index (κ1) is 21.8. The Labute approximate surface area is 180 Å². The molecular weight excluding hydrogens is 400 g/mol. The summed E-state index contributed by atoms with van der Waals surface area (Å²) in [5.74, 6) is -0.749. The van der Waals surface area contributed by atoms with E-state index in [1.54, 1.807) is 41.7 Å². The number of hydrogen-bond donors (Lipinski definition) is 1. The maximum atomic E-state index is 13.0. The predicted molar refractivity (Wildman–Crippen MR) is 117 cm³/mol. The fourth-order valence-corrected chi connectivity index (χ4v) is 4.33. The summed E-state index contributed by atoms with van der Waals surface area (Å²) < 4.78 is 4.67. The van der Waals surface area contributed by atoms with Gasteiger partial charge < -0.3 is 15.0 Å². The molecule has 0 fully saturated rings. The molecule has 30 heavy (non-hydrogen) atoms. The Bertz CT molecular complexity index is 933. The second-order valence-electron chi connectivity index (χ2n) is 7.18. The Morgan fingerprint density at radius 1 is 1.23 bits per heavy atom. The molecule has 1 unspecified atom stereocenters. The van der Waals surface area contributed by atoms with Crippen molar-refractivity contribution in [2.24, 2.45) is 0 Å². The van der Waals surface area contributed by atoms with Crippen molar-refractivity contribution in [2.45, 2.75) is 38.8 Å². The van der Waals surface area contributed by atoms with E-state index in [2.05, 4.69) is 21.5 Å². The molecule has 1 aromatic heterocycles. The quantitative estimate of drug-likeness (QED) is 0.544. The van der Waals surface area contributed by atoms with Gasteiger partial charge in [0.05, 0.1) is 12.7 Å². The van der Waals surface area contributed by atoms with Crippen LogP contribution < -0.4 is 5.32 Å². The Hall–Kier alpha value is -2.93. The van der Waals surface area contributed by atoms with Gasteiger partial charge >= 0.3 is 5.97 Å². The molecule has 0 aliphatic carbocycles. The monoisotopic (exact) mass is 426 g/mol. The maximum absolute atomic E-state index is 13.0. The number of thiophene rings is 1. The number of nitrogens with zero attached hydrogens (tertiary/aromatic N) is 1. The highest BCUT2D eigenvalue weighted by atomic mass is 32.1. The zero-order valence-corrected chi connectivity index (χ0v) is 18.0. The third kappa shape index (κ3) is 5.36. The molecule has 1 aliphatic rings. The van der Waals surface area contributed by atoms with Gasteiger partial charge in [-0.15, -0.1) is 11.3 Å². The summed E-state index contributed by atoms with van der Waals surface area (Å²) in [6.07, 6.45) is 5.33. The van der Waals surface area contributed by atoms with Crippen molar-refractivity contribution in [1.82, 2.24) is 10.2 Å². The number of fused-ring (bicyclic) bond motifs is 1. The van der Waals surface area contributed by atoms with Crippen LogP contribution in [0.1, 0.15) is 46.1 Å². The lowest BCUT2D eigenvalue weighted by atomic mass is 10.1. The number of carbonyl (C=O) groups is 3. The first-order valence-corrected chi connectivity index (χ1v) is 10.9.